The van der Waals surface area contributed by atoms with E-state index in [9.17, 15) is 4.79 Å². The molecule has 0 aromatic carbocycles. The maximum Gasteiger partial charge on any atom is 0.278 e. The molecule has 0 atom stereocenters. The van der Waals surface area contributed by atoms with E-state index >= 15 is 0 Å². The quantitative estimate of drug-likeness (QED) is 0.670. The number of carbonyl (C=O) groups excluding carboxylic acids is 1. The Morgan fingerprint density at radius 1 is 1.32 bits per heavy atom. The fraction of sp³-hybridized carbons (Fsp3) is 0.474. The van der Waals surface area contributed by atoms with Crippen molar-refractivity contribution in [3.8, 4) is 11.6 Å². The number of aromatic nitrogens is 4. The Kier molecular flexibility index (Phi) is 4.48. The second-order valence-corrected chi connectivity index (χ2v) is 8.28. The number of thiophene rings is 1. The number of carbonyl (C=O) groups is 1. The van der Waals surface area contributed by atoms with Crippen LogP contribution in [0.25, 0.3) is 11.6 Å². The number of hydrogen-bond donors (Lipinski definition) is 0. The highest BCUT2D eigenvalue weighted by Crippen LogP contribution is 2.33. The molecule has 5 heterocycles. The van der Waals surface area contributed by atoms with Gasteiger partial charge in [-0.3, -0.25) is 9.48 Å². The molecule has 9 heteroatoms. The molecule has 3 aromatic rings. The van der Waals surface area contributed by atoms with Crippen molar-refractivity contribution in [2.75, 3.05) is 13.2 Å². The van der Waals surface area contributed by atoms with Crippen LogP contribution >= 0.6 is 11.3 Å². The van der Waals surface area contributed by atoms with Crippen LogP contribution < -0.4 is 0 Å². The second-order valence-electron chi connectivity index (χ2n) is 7.25. The van der Waals surface area contributed by atoms with Crippen molar-refractivity contribution < 1.29 is 14.1 Å². The van der Waals surface area contributed by atoms with Gasteiger partial charge in [0.05, 0.1) is 25.2 Å². The van der Waals surface area contributed by atoms with Crippen molar-refractivity contribution in [3.63, 3.8) is 0 Å². The van der Waals surface area contributed by atoms with E-state index in [1.165, 1.54) is 0 Å². The van der Waals surface area contributed by atoms with E-state index in [2.05, 4.69) is 15.2 Å². The van der Waals surface area contributed by atoms with Crippen LogP contribution in [0.15, 0.2) is 22.0 Å². The molecule has 2 aliphatic rings. The molecule has 28 heavy (non-hydrogen) atoms. The molecular formula is C19H21N5O3S. The summed E-state index contributed by atoms with van der Waals surface area (Å²) in [5.41, 5.74) is 2.72. The Morgan fingerprint density at radius 2 is 2.18 bits per heavy atom. The van der Waals surface area contributed by atoms with Crippen molar-refractivity contribution in [1.82, 2.24) is 24.8 Å². The van der Waals surface area contributed by atoms with E-state index in [-0.39, 0.29) is 11.8 Å². The Labute approximate surface area is 166 Å². The molecule has 0 unspecified atom stereocenters. The molecule has 146 valence electrons. The lowest BCUT2D eigenvalue weighted by Gasteiger charge is -2.18. The van der Waals surface area contributed by atoms with Gasteiger partial charge in [0, 0.05) is 36.6 Å². The van der Waals surface area contributed by atoms with E-state index in [1.807, 2.05) is 34.1 Å². The number of amides is 1. The van der Waals surface area contributed by atoms with Gasteiger partial charge in [0.25, 0.3) is 5.89 Å². The predicted molar refractivity (Wildman–Crippen MR) is 102 cm³/mol. The largest absolute Gasteiger partial charge is 0.381 e. The van der Waals surface area contributed by atoms with E-state index in [0.29, 0.717) is 31.1 Å². The average Bonchev–Trinajstić information content (AvgIpc) is 3.49. The molecule has 1 fully saturated rings. The van der Waals surface area contributed by atoms with Crippen LogP contribution in [0.2, 0.25) is 0 Å². The second kappa shape index (κ2) is 7.14. The van der Waals surface area contributed by atoms with Crippen LogP contribution in [-0.4, -0.2) is 43.9 Å². The number of aryl methyl sites for hydroxylation is 1. The van der Waals surface area contributed by atoms with Gasteiger partial charge in [0.15, 0.2) is 11.5 Å². The van der Waals surface area contributed by atoms with Gasteiger partial charge in [-0.2, -0.15) is 10.1 Å². The third-order valence-corrected chi connectivity index (χ3v) is 6.33. The number of hydrogen-bond acceptors (Lipinski definition) is 7. The Bertz CT molecular complexity index is 988. The normalized spacial score (nSPS) is 17.2. The maximum atomic E-state index is 12.7. The number of rotatable bonds is 4. The minimum Gasteiger partial charge on any atom is -0.381 e. The molecular weight excluding hydrogens is 378 g/mol. The van der Waals surface area contributed by atoms with Crippen LogP contribution in [-0.2, 0) is 36.1 Å². The van der Waals surface area contributed by atoms with Crippen molar-refractivity contribution >= 4 is 17.2 Å². The minimum atomic E-state index is 0.123. The summed E-state index contributed by atoms with van der Waals surface area (Å²) in [5, 5.41) is 10.8. The summed E-state index contributed by atoms with van der Waals surface area (Å²) in [7, 11) is 1.89. The zero-order valence-electron chi connectivity index (χ0n) is 15.6. The van der Waals surface area contributed by atoms with Gasteiger partial charge in [-0.1, -0.05) is 11.2 Å². The molecule has 0 radical (unpaired) electrons. The van der Waals surface area contributed by atoms with E-state index < -0.39 is 0 Å². The first kappa shape index (κ1) is 17.6. The van der Waals surface area contributed by atoms with Crippen LogP contribution in [0, 0.1) is 0 Å². The first-order chi connectivity index (χ1) is 13.7. The number of fused-ring (bicyclic) bond motifs is 1. The molecule has 0 saturated carbocycles. The molecule has 0 aliphatic carbocycles. The van der Waals surface area contributed by atoms with Gasteiger partial charge in [-0.25, -0.2) is 0 Å². The summed E-state index contributed by atoms with van der Waals surface area (Å²) >= 11 is 1.61. The summed E-state index contributed by atoms with van der Waals surface area (Å²) in [6.45, 7) is 2.55. The fourth-order valence-electron chi connectivity index (χ4n) is 3.87. The van der Waals surface area contributed by atoms with Gasteiger partial charge in [-0.15, -0.1) is 11.3 Å². The Morgan fingerprint density at radius 3 is 2.96 bits per heavy atom. The maximum absolute atomic E-state index is 12.7. The highest BCUT2D eigenvalue weighted by molar-refractivity contribution is 7.10. The van der Waals surface area contributed by atoms with Crippen LogP contribution in [0.3, 0.4) is 0 Å². The van der Waals surface area contributed by atoms with Gasteiger partial charge < -0.3 is 14.2 Å². The van der Waals surface area contributed by atoms with Gasteiger partial charge in [0.1, 0.15) is 0 Å². The molecule has 5 rings (SSSR count). The zero-order chi connectivity index (χ0) is 19.1. The number of ether oxygens (including phenoxy) is 1. The third kappa shape index (κ3) is 3.14. The third-order valence-electron chi connectivity index (χ3n) is 5.45. The molecule has 2 aliphatic heterocycles. The molecule has 1 saturated heterocycles. The monoisotopic (exact) mass is 399 g/mol. The standard InChI is InChI=1S/C19H21N5O3S/c1-23-15-11-24(16(25)9-13-3-2-8-28-13)10-14(15)17(21-23)19-20-18(22-27-19)12-4-6-26-7-5-12/h2-3,8,12H,4-7,9-11H2,1H3. The van der Waals surface area contributed by atoms with Crippen molar-refractivity contribution in [3.05, 3.63) is 39.5 Å². The van der Waals surface area contributed by atoms with Gasteiger partial charge >= 0.3 is 0 Å². The smallest absolute Gasteiger partial charge is 0.278 e. The van der Waals surface area contributed by atoms with Crippen molar-refractivity contribution in [2.24, 2.45) is 7.05 Å². The minimum absolute atomic E-state index is 0.123. The molecule has 0 spiro atoms. The molecule has 0 bridgehead atoms. The first-order valence-electron chi connectivity index (χ1n) is 9.45. The van der Waals surface area contributed by atoms with Gasteiger partial charge in [-0.05, 0) is 24.3 Å². The van der Waals surface area contributed by atoms with Crippen LogP contribution in [0.5, 0.6) is 0 Å². The Hall–Kier alpha value is -2.52. The molecule has 3 aromatic heterocycles. The average molecular weight is 399 g/mol. The summed E-state index contributed by atoms with van der Waals surface area (Å²) in [6.07, 6.45) is 2.25. The van der Waals surface area contributed by atoms with Crippen molar-refractivity contribution in [2.45, 2.75) is 38.3 Å². The first-order valence-corrected chi connectivity index (χ1v) is 10.3. The predicted octanol–water partition coefficient (Wildman–Crippen LogP) is 2.51. The summed E-state index contributed by atoms with van der Waals surface area (Å²) in [6, 6.07) is 3.97. The zero-order valence-corrected chi connectivity index (χ0v) is 16.4. The summed E-state index contributed by atoms with van der Waals surface area (Å²) < 4.78 is 12.8. The molecule has 0 N–H and O–H groups in total. The van der Waals surface area contributed by atoms with E-state index in [1.54, 1.807) is 11.3 Å². The fourth-order valence-corrected chi connectivity index (χ4v) is 4.56. The van der Waals surface area contributed by atoms with Crippen LogP contribution in [0.4, 0.5) is 0 Å². The van der Waals surface area contributed by atoms with E-state index in [0.717, 1.165) is 48.0 Å². The van der Waals surface area contributed by atoms with E-state index in [4.69, 9.17) is 9.26 Å². The van der Waals surface area contributed by atoms with Crippen molar-refractivity contribution in [1.29, 1.82) is 0 Å². The number of nitrogens with zero attached hydrogens (tertiary/aromatic N) is 5. The topological polar surface area (TPSA) is 86.3 Å². The lowest BCUT2D eigenvalue weighted by atomic mass is 10.00. The SMILES string of the molecule is Cn1nc(-c2nc(C3CCOCC3)no2)c2c1CN(C(=O)Cc1cccs1)C2. The Balaban J connectivity index is 1.36. The molecule has 8 nitrogen and oxygen atoms in total. The molecule has 1 amide bonds. The van der Waals surface area contributed by atoms with Gasteiger partial charge in [0.2, 0.25) is 5.91 Å². The van der Waals surface area contributed by atoms with Crippen LogP contribution in [0.1, 0.15) is 40.7 Å². The highest BCUT2D eigenvalue weighted by Gasteiger charge is 2.32. The summed E-state index contributed by atoms with van der Waals surface area (Å²) in [4.78, 5) is 20.3. The lowest BCUT2D eigenvalue weighted by molar-refractivity contribution is -0.131. The highest BCUT2D eigenvalue weighted by atomic mass is 32.1. The lowest BCUT2D eigenvalue weighted by Crippen LogP contribution is -2.27. The summed E-state index contributed by atoms with van der Waals surface area (Å²) in [5.74, 6) is 1.55.